The molecule has 1 amide bonds. The largest absolute Gasteiger partial charge is 0.336 e. The zero-order valence-corrected chi connectivity index (χ0v) is 17.2. The number of carbonyl (C=O) groups is 1. The average molecular weight is 386 g/mol. The highest BCUT2D eigenvalue weighted by atomic mass is 16.2. The summed E-state index contributed by atoms with van der Waals surface area (Å²) in [5, 5.41) is 1.17. The molecule has 5 rings (SSSR count). The van der Waals surface area contributed by atoms with Crippen LogP contribution in [0.5, 0.6) is 0 Å². The molecule has 4 heteroatoms. The molecule has 148 valence electrons. The van der Waals surface area contributed by atoms with Crippen molar-refractivity contribution in [2.24, 2.45) is 5.92 Å². The third-order valence-electron chi connectivity index (χ3n) is 6.31. The van der Waals surface area contributed by atoms with E-state index in [1.165, 1.54) is 46.2 Å². The van der Waals surface area contributed by atoms with E-state index in [0.717, 1.165) is 30.7 Å². The molecule has 1 aromatic heterocycles. The standard InChI is InChI=1S/C25H27N3O/c1-16-3-6-19(12-21(16)14-28(17(2)29)22-8-9-22)20-7-10-24-23(13-20)25(27-15-26-24)11-18-4-5-18/h3,6-7,10,12-13,15,18,22H,4-5,8-9,11,14H2,1-2H3. The maximum Gasteiger partial charge on any atom is 0.219 e. The Bertz CT molecular complexity index is 1080. The van der Waals surface area contributed by atoms with Gasteiger partial charge in [-0.05, 0) is 85.4 Å². The zero-order valence-electron chi connectivity index (χ0n) is 17.2. The monoisotopic (exact) mass is 385 g/mol. The summed E-state index contributed by atoms with van der Waals surface area (Å²) in [6, 6.07) is 13.5. The van der Waals surface area contributed by atoms with Crippen molar-refractivity contribution in [3.05, 3.63) is 59.5 Å². The predicted octanol–water partition coefficient (Wildman–Crippen LogP) is 5.07. The van der Waals surface area contributed by atoms with Gasteiger partial charge in [0.05, 0.1) is 11.2 Å². The molecule has 2 saturated carbocycles. The van der Waals surface area contributed by atoms with Gasteiger partial charge in [0.25, 0.3) is 0 Å². The number of aromatic nitrogens is 2. The summed E-state index contributed by atoms with van der Waals surface area (Å²) in [6.45, 7) is 4.51. The van der Waals surface area contributed by atoms with Gasteiger partial charge in [0.2, 0.25) is 5.91 Å². The molecule has 2 aromatic carbocycles. The van der Waals surface area contributed by atoms with Crippen LogP contribution in [-0.4, -0.2) is 26.8 Å². The number of rotatable bonds is 6. The third-order valence-corrected chi connectivity index (χ3v) is 6.31. The minimum atomic E-state index is 0.171. The van der Waals surface area contributed by atoms with E-state index in [1.807, 2.05) is 4.90 Å². The molecule has 0 radical (unpaired) electrons. The van der Waals surface area contributed by atoms with Crippen molar-refractivity contribution >= 4 is 16.8 Å². The number of nitrogens with zero attached hydrogens (tertiary/aromatic N) is 3. The minimum absolute atomic E-state index is 0.171. The summed E-state index contributed by atoms with van der Waals surface area (Å²) in [6.07, 6.45) is 7.65. The van der Waals surface area contributed by atoms with Gasteiger partial charge in [-0.15, -0.1) is 0 Å². The average Bonchev–Trinajstić information content (AvgIpc) is 3.62. The number of amides is 1. The summed E-state index contributed by atoms with van der Waals surface area (Å²) in [5.41, 5.74) is 7.03. The van der Waals surface area contributed by atoms with Crippen molar-refractivity contribution in [1.82, 2.24) is 14.9 Å². The third kappa shape index (κ3) is 3.89. The SMILES string of the molecule is CC(=O)N(Cc1cc(-c2ccc3ncnc(CC4CC4)c3c2)ccc1C)C1CC1. The van der Waals surface area contributed by atoms with E-state index in [9.17, 15) is 4.79 Å². The molecule has 2 aliphatic rings. The van der Waals surface area contributed by atoms with Gasteiger partial charge >= 0.3 is 0 Å². The fourth-order valence-electron chi connectivity index (χ4n) is 4.14. The Balaban J connectivity index is 1.50. The van der Waals surface area contributed by atoms with Gasteiger partial charge in [-0.1, -0.05) is 18.2 Å². The van der Waals surface area contributed by atoms with Crippen molar-refractivity contribution < 1.29 is 4.79 Å². The molecule has 0 unspecified atom stereocenters. The van der Waals surface area contributed by atoms with Crippen LogP contribution in [0.3, 0.4) is 0 Å². The Kier molecular flexibility index (Phi) is 4.57. The molecule has 0 aliphatic heterocycles. The summed E-state index contributed by atoms with van der Waals surface area (Å²) in [7, 11) is 0. The first-order valence-electron chi connectivity index (χ1n) is 10.7. The molecule has 0 atom stereocenters. The highest BCUT2D eigenvalue weighted by Crippen LogP contribution is 2.35. The van der Waals surface area contributed by atoms with Crippen LogP contribution in [0.2, 0.25) is 0 Å². The lowest BCUT2D eigenvalue weighted by atomic mass is 9.97. The normalized spacial score (nSPS) is 16.2. The van der Waals surface area contributed by atoms with E-state index in [1.54, 1.807) is 13.3 Å². The Morgan fingerprint density at radius 2 is 1.79 bits per heavy atom. The fraction of sp³-hybridized carbons (Fsp3) is 0.400. The van der Waals surface area contributed by atoms with Gasteiger partial charge in [-0.3, -0.25) is 4.79 Å². The summed E-state index contributed by atoms with van der Waals surface area (Å²) in [4.78, 5) is 23.2. The van der Waals surface area contributed by atoms with E-state index in [2.05, 4.69) is 53.3 Å². The number of aryl methyl sites for hydroxylation is 1. The van der Waals surface area contributed by atoms with Crippen molar-refractivity contribution in [3.63, 3.8) is 0 Å². The van der Waals surface area contributed by atoms with Crippen molar-refractivity contribution in [2.75, 3.05) is 0 Å². The van der Waals surface area contributed by atoms with Crippen molar-refractivity contribution in [2.45, 2.75) is 58.5 Å². The topological polar surface area (TPSA) is 46.1 Å². The smallest absolute Gasteiger partial charge is 0.219 e. The molecule has 3 aromatic rings. The van der Waals surface area contributed by atoms with E-state index < -0.39 is 0 Å². The van der Waals surface area contributed by atoms with Gasteiger partial charge in [-0.2, -0.15) is 0 Å². The van der Waals surface area contributed by atoms with Crippen LogP contribution in [0.1, 0.15) is 49.4 Å². The molecule has 0 saturated heterocycles. The first kappa shape index (κ1) is 18.3. The second-order valence-electron chi connectivity index (χ2n) is 8.72. The Hall–Kier alpha value is -2.75. The summed E-state index contributed by atoms with van der Waals surface area (Å²) < 4.78 is 0. The van der Waals surface area contributed by atoms with E-state index in [4.69, 9.17) is 0 Å². The molecule has 29 heavy (non-hydrogen) atoms. The molecule has 0 N–H and O–H groups in total. The Morgan fingerprint density at radius 3 is 2.52 bits per heavy atom. The molecule has 0 spiro atoms. The van der Waals surface area contributed by atoms with Crippen LogP contribution in [0.4, 0.5) is 0 Å². The molecule has 2 aliphatic carbocycles. The van der Waals surface area contributed by atoms with Crippen LogP contribution in [-0.2, 0) is 17.8 Å². The van der Waals surface area contributed by atoms with Crippen molar-refractivity contribution in [1.29, 1.82) is 0 Å². The van der Waals surface area contributed by atoms with Gasteiger partial charge in [0.1, 0.15) is 6.33 Å². The zero-order chi connectivity index (χ0) is 20.0. The lowest BCUT2D eigenvalue weighted by molar-refractivity contribution is -0.130. The first-order valence-corrected chi connectivity index (χ1v) is 10.7. The number of hydrogen-bond acceptors (Lipinski definition) is 3. The van der Waals surface area contributed by atoms with E-state index in [-0.39, 0.29) is 5.91 Å². The molecule has 2 fully saturated rings. The quantitative estimate of drug-likeness (QED) is 0.595. The van der Waals surface area contributed by atoms with Crippen molar-refractivity contribution in [3.8, 4) is 11.1 Å². The Morgan fingerprint density at radius 1 is 1.03 bits per heavy atom. The molecular formula is C25H27N3O. The second kappa shape index (κ2) is 7.25. The maximum atomic E-state index is 12.1. The Labute approximate surface area is 172 Å². The molecule has 1 heterocycles. The first-order chi connectivity index (χ1) is 14.1. The molecule has 0 bridgehead atoms. The molecule has 4 nitrogen and oxygen atoms in total. The van der Waals surface area contributed by atoms with Gasteiger partial charge in [0.15, 0.2) is 0 Å². The summed E-state index contributed by atoms with van der Waals surface area (Å²) in [5.74, 6) is 0.965. The van der Waals surface area contributed by atoms with Crippen LogP contribution >= 0.6 is 0 Å². The van der Waals surface area contributed by atoms with Crippen LogP contribution in [0.15, 0.2) is 42.7 Å². The van der Waals surface area contributed by atoms with Gasteiger partial charge in [0, 0.05) is 24.9 Å². The second-order valence-corrected chi connectivity index (χ2v) is 8.72. The van der Waals surface area contributed by atoms with E-state index in [0.29, 0.717) is 12.6 Å². The maximum absolute atomic E-state index is 12.1. The van der Waals surface area contributed by atoms with E-state index >= 15 is 0 Å². The number of hydrogen-bond donors (Lipinski definition) is 0. The van der Waals surface area contributed by atoms with Crippen LogP contribution in [0.25, 0.3) is 22.0 Å². The highest BCUT2D eigenvalue weighted by molar-refractivity contribution is 5.86. The number of benzene rings is 2. The van der Waals surface area contributed by atoms with Gasteiger partial charge in [-0.25, -0.2) is 9.97 Å². The van der Waals surface area contributed by atoms with Crippen LogP contribution in [0, 0.1) is 12.8 Å². The lowest BCUT2D eigenvalue weighted by Gasteiger charge is -2.22. The predicted molar refractivity (Wildman–Crippen MR) is 115 cm³/mol. The van der Waals surface area contributed by atoms with Gasteiger partial charge < -0.3 is 4.90 Å². The number of fused-ring (bicyclic) bond motifs is 1. The number of carbonyl (C=O) groups excluding carboxylic acids is 1. The summed E-state index contributed by atoms with van der Waals surface area (Å²) >= 11 is 0. The molecular weight excluding hydrogens is 358 g/mol. The fourth-order valence-corrected chi connectivity index (χ4v) is 4.14. The highest BCUT2D eigenvalue weighted by Gasteiger charge is 2.31. The van der Waals surface area contributed by atoms with Crippen LogP contribution < -0.4 is 0 Å². The lowest BCUT2D eigenvalue weighted by Crippen LogP contribution is -2.30. The minimum Gasteiger partial charge on any atom is -0.336 e.